The third kappa shape index (κ3) is 3.59. The Kier molecular flexibility index (Phi) is 4.38. The summed E-state index contributed by atoms with van der Waals surface area (Å²) < 4.78 is 26.9. The second-order valence-electron chi connectivity index (χ2n) is 4.98. The molecule has 2 aromatic carbocycles. The largest absolute Gasteiger partial charge is 0.398 e. The number of aromatic nitrogens is 1. The van der Waals surface area contributed by atoms with Crippen molar-refractivity contribution < 1.29 is 13.3 Å². The van der Waals surface area contributed by atoms with Gasteiger partial charge in [-0.25, -0.2) is 13.4 Å². The minimum Gasteiger partial charge on any atom is -0.398 e. The molecule has 0 saturated carbocycles. The Hall–Kier alpha value is -2.98. The predicted molar refractivity (Wildman–Crippen MR) is 95.9 cm³/mol. The van der Waals surface area contributed by atoms with Crippen molar-refractivity contribution in [3.05, 3.63) is 64.8 Å². The number of nitro groups is 1. The van der Waals surface area contributed by atoms with Crippen LogP contribution < -0.4 is 10.5 Å². The molecule has 0 bridgehead atoms. The van der Waals surface area contributed by atoms with Crippen LogP contribution in [-0.4, -0.2) is 18.3 Å². The third-order valence-corrected chi connectivity index (χ3v) is 5.68. The van der Waals surface area contributed by atoms with E-state index in [1.807, 2.05) is 18.2 Å². The maximum Gasteiger partial charge on any atom is 0.345 e. The van der Waals surface area contributed by atoms with Crippen molar-refractivity contribution >= 4 is 37.2 Å². The summed E-state index contributed by atoms with van der Waals surface area (Å²) in [6.45, 7) is 0. The van der Waals surface area contributed by atoms with Gasteiger partial charge >= 0.3 is 5.00 Å². The molecule has 3 N–H and O–H groups in total. The van der Waals surface area contributed by atoms with E-state index < -0.39 is 14.9 Å². The normalized spacial score (nSPS) is 11.2. The second kappa shape index (κ2) is 6.49. The van der Waals surface area contributed by atoms with Crippen molar-refractivity contribution in [3.63, 3.8) is 0 Å². The number of sulfonamides is 1. The van der Waals surface area contributed by atoms with Crippen LogP contribution in [0, 0.1) is 10.1 Å². The van der Waals surface area contributed by atoms with Crippen LogP contribution in [-0.2, 0) is 10.0 Å². The summed E-state index contributed by atoms with van der Waals surface area (Å²) >= 11 is 0.647. The van der Waals surface area contributed by atoms with Gasteiger partial charge in [-0.1, -0.05) is 30.3 Å². The summed E-state index contributed by atoms with van der Waals surface area (Å²) in [6, 6.07) is 13.4. The minimum atomic E-state index is -3.89. The molecule has 128 valence electrons. The number of rotatable bonds is 5. The van der Waals surface area contributed by atoms with Crippen LogP contribution in [0.3, 0.4) is 0 Å². The third-order valence-electron chi connectivity index (χ3n) is 3.33. The molecule has 0 radical (unpaired) electrons. The summed E-state index contributed by atoms with van der Waals surface area (Å²) in [4.78, 5) is 13.7. The predicted octanol–water partition coefficient (Wildman–Crippen LogP) is 3.10. The van der Waals surface area contributed by atoms with E-state index in [0.29, 0.717) is 17.0 Å². The molecule has 3 rings (SSSR count). The van der Waals surface area contributed by atoms with E-state index in [-0.39, 0.29) is 15.0 Å². The summed E-state index contributed by atoms with van der Waals surface area (Å²) in [5.41, 5.74) is 8.08. The SMILES string of the molecule is Nc1ccccc1-c1ccc(S(=O)(=O)Nc2ncc([N+](=O)[O-])s2)cc1. The minimum absolute atomic E-state index is 0.0172. The first-order valence-corrected chi connectivity index (χ1v) is 9.25. The fraction of sp³-hybridized carbons (Fsp3) is 0. The van der Waals surface area contributed by atoms with E-state index in [0.717, 1.165) is 17.3 Å². The van der Waals surface area contributed by atoms with E-state index >= 15 is 0 Å². The van der Waals surface area contributed by atoms with Crippen molar-refractivity contribution in [1.82, 2.24) is 4.98 Å². The van der Waals surface area contributed by atoms with Gasteiger partial charge in [-0.15, -0.1) is 0 Å². The number of nitrogens with one attached hydrogen (secondary N) is 1. The lowest BCUT2D eigenvalue weighted by atomic mass is 10.0. The fourth-order valence-corrected chi connectivity index (χ4v) is 4.02. The van der Waals surface area contributed by atoms with Crippen LogP contribution in [0.4, 0.5) is 15.8 Å². The van der Waals surface area contributed by atoms with Crippen LogP contribution in [0.5, 0.6) is 0 Å². The Labute approximate surface area is 147 Å². The second-order valence-corrected chi connectivity index (χ2v) is 7.67. The Morgan fingerprint density at radius 1 is 1.12 bits per heavy atom. The number of hydrogen-bond acceptors (Lipinski definition) is 7. The van der Waals surface area contributed by atoms with Gasteiger partial charge in [0.05, 0.1) is 9.82 Å². The van der Waals surface area contributed by atoms with E-state index in [2.05, 4.69) is 9.71 Å². The van der Waals surface area contributed by atoms with Gasteiger partial charge in [-0.05, 0) is 35.1 Å². The van der Waals surface area contributed by atoms with Crippen molar-refractivity contribution in [2.24, 2.45) is 0 Å². The van der Waals surface area contributed by atoms with Crippen molar-refractivity contribution in [1.29, 1.82) is 0 Å². The smallest absolute Gasteiger partial charge is 0.345 e. The molecular weight excluding hydrogens is 364 g/mol. The first-order chi connectivity index (χ1) is 11.9. The van der Waals surface area contributed by atoms with Gasteiger partial charge in [0, 0.05) is 11.3 Å². The highest BCUT2D eigenvalue weighted by molar-refractivity contribution is 7.93. The van der Waals surface area contributed by atoms with Gasteiger partial charge in [0.25, 0.3) is 10.0 Å². The van der Waals surface area contributed by atoms with Crippen LogP contribution >= 0.6 is 11.3 Å². The molecule has 0 unspecified atom stereocenters. The Balaban J connectivity index is 1.85. The topological polar surface area (TPSA) is 128 Å². The lowest BCUT2D eigenvalue weighted by Gasteiger charge is -2.08. The zero-order chi connectivity index (χ0) is 18.0. The monoisotopic (exact) mass is 376 g/mol. The standard InChI is InChI=1S/C15H12N4O4S2/c16-13-4-2-1-3-12(13)10-5-7-11(8-6-10)25(22,23)18-15-17-9-14(24-15)19(20)21/h1-9H,16H2,(H,17,18). The summed E-state index contributed by atoms with van der Waals surface area (Å²) in [5.74, 6) is 0. The number of nitrogen functional groups attached to an aromatic ring is 1. The molecule has 0 aliphatic heterocycles. The lowest BCUT2D eigenvalue weighted by molar-refractivity contribution is -0.380. The molecule has 8 nitrogen and oxygen atoms in total. The lowest BCUT2D eigenvalue weighted by Crippen LogP contribution is -2.12. The first kappa shape index (κ1) is 16.9. The van der Waals surface area contributed by atoms with E-state index in [1.165, 1.54) is 12.1 Å². The highest BCUT2D eigenvalue weighted by Gasteiger charge is 2.19. The van der Waals surface area contributed by atoms with Gasteiger partial charge in [-0.3, -0.25) is 14.8 Å². The molecular formula is C15H12N4O4S2. The van der Waals surface area contributed by atoms with Crippen LogP contribution in [0.2, 0.25) is 0 Å². The van der Waals surface area contributed by atoms with Gasteiger partial charge in [0.15, 0.2) is 0 Å². The summed E-state index contributed by atoms with van der Waals surface area (Å²) in [5, 5.41) is 10.3. The number of para-hydroxylation sites is 1. The molecule has 1 heterocycles. The number of nitrogens with zero attached hydrogens (tertiary/aromatic N) is 2. The van der Waals surface area contributed by atoms with Gasteiger partial charge < -0.3 is 5.73 Å². The molecule has 10 heteroatoms. The van der Waals surface area contributed by atoms with Crippen molar-refractivity contribution in [2.75, 3.05) is 10.5 Å². The molecule has 0 fully saturated rings. The number of benzene rings is 2. The highest BCUT2D eigenvalue weighted by atomic mass is 32.2. The number of nitrogens with two attached hydrogens (primary N) is 1. The molecule has 0 aliphatic rings. The Bertz CT molecular complexity index is 1030. The highest BCUT2D eigenvalue weighted by Crippen LogP contribution is 2.29. The Morgan fingerprint density at radius 2 is 1.80 bits per heavy atom. The van der Waals surface area contributed by atoms with E-state index in [1.54, 1.807) is 18.2 Å². The summed E-state index contributed by atoms with van der Waals surface area (Å²) in [7, 11) is -3.89. The van der Waals surface area contributed by atoms with E-state index in [9.17, 15) is 18.5 Å². The number of hydrogen-bond donors (Lipinski definition) is 2. The zero-order valence-electron chi connectivity index (χ0n) is 12.6. The molecule has 1 aromatic heterocycles. The average Bonchev–Trinajstić information content (AvgIpc) is 3.03. The van der Waals surface area contributed by atoms with Crippen LogP contribution in [0.1, 0.15) is 0 Å². The first-order valence-electron chi connectivity index (χ1n) is 6.95. The quantitative estimate of drug-likeness (QED) is 0.400. The average molecular weight is 376 g/mol. The molecule has 3 aromatic rings. The molecule has 0 aliphatic carbocycles. The van der Waals surface area contributed by atoms with Crippen molar-refractivity contribution in [2.45, 2.75) is 4.90 Å². The van der Waals surface area contributed by atoms with E-state index in [4.69, 9.17) is 5.73 Å². The zero-order valence-corrected chi connectivity index (χ0v) is 14.3. The molecule has 0 spiro atoms. The van der Waals surface area contributed by atoms with Crippen LogP contribution in [0.15, 0.2) is 59.6 Å². The molecule has 0 amide bonds. The molecule has 25 heavy (non-hydrogen) atoms. The van der Waals surface area contributed by atoms with Gasteiger partial charge in [-0.2, -0.15) is 0 Å². The fourth-order valence-electron chi connectivity index (χ4n) is 2.14. The maximum absolute atomic E-state index is 12.4. The Morgan fingerprint density at radius 3 is 2.40 bits per heavy atom. The molecule has 0 atom stereocenters. The number of thiazole rings is 1. The van der Waals surface area contributed by atoms with Crippen molar-refractivity contribution in [3.8, 4) is 11.1 Å². The number of anilines is 2. The maximum atomic E-state index is 12.4. The van der Waals surface area contributed by atoms with Gasteiger partial charge in [0.2, 0.25) is 5.13 Å². The van der Waals surface area contributed by atoms with Crippen LogP contribution in [0.25, 0.3) is 11.1 Å². The van der Waals surface area contributed by atoms with Gasteiger partial charge in [0.1, 0.15) is 6.20 Å². The molecule has 0 saturated heterocycles. The summed E-state index contributed by atoms with van der Waals surface area (Å²) in [6.07, 6.45) is 1.00.